The molecule has 15 heavy (non-hydrogen) atoms. The van der Waals surface area contributed by atoms with Gasteiger partial charge in [-0.25, -0.2) is 9.97 Å². The summed E-state index contributed by atoms with van der Waals surface area (Å²) in [7, 11) is 0. The second-order valence-electron chi connectivity index (χ2n) is 2.97. The molecule has 80 valence electrons. The second kappa shape index (κ2) is 5.18. The number of nitrogens with one attached hydrogen (secondary N) is 1. The summed E-state index contributed by atoms with van der Waals surface area (Å²) in [6, 6.07) is 0. The van der Waals surface area contributed by atoms with E-state index < -0.39 is 0 Å². The molecule has 0 saturated carbocycles. The van der Waals surface area contributed by atoms with Crippen LogP contribution in [-0.4, -0.2) is 20.9 Å². The number of rotatable bonds is 5. The number of hydrogen-bond donors (Lipinski definition) is 1. The van der Waals surface area contributed by atoms with Gasteiger partial charge in [-0.2, -0.15) is 4.37 Å². The minimum Gasteiger partial charge on any atom is -0.360 e. The van der Waals surface area contributed by atoms with Crippen molar-refractivity contribution in [3.63, 3.8) is 0 Å². The number of anilines is 1. The van der Waals surface area contributed by atoms with Crippen LogP contribution in [0.5, 0.6) is 0 Å². The molecule has 0 atom stereocenters. The summed E-state index contributed by atoms with van der Waals surface area (Å²) in [5.74, 6) is 0.914. The van der Waals surface area contributed by atoms with Gasteiger partial charge in [-0.05, 0) is 0 Å². The van der Waals surface area contributed by atoms with Crippen LogP contribution in [0.1, 0.15) is 17.8 Å². The summed E-state index contributed by atoms with van der Waals surface area (Å²) in [5.41, 5.74) is 0. The van der Waals surface area contributed by atoms with Gasteiger partial charge in [0, 0.05) is 42.5 Å². The van der Waals surface area contributed by atoms with E-state index in [0.717, 1.165) is 35.3 Å². The van der Waals surface area contributed by atoms with E-state index in [2.05, 4.69) is 26.6 Å². The maximum absolute atomic E-state index is 4.33. The highest BCUT2D eigenvalue weighted by Crippen LogP contribution is 2.11. The Morgan fingerprint density at radius 2 is 2.40 bits per heavy atom. The van der Waals surface area contributed by atoms with E-state index in [1.165, 1.54) is 11.5 Å². The molecule has 0 amide bonds. The maximum Gasteiger partial charge on any atom is 0.202 e. The van der Waals surface area contributed by atoms with Crippen LogP contribution in [0.4, 0.5) is 5.13 Å². The average molecular weight is 240 g/mol. The number of aryl methyl sites for hydroxylation is 1. The van der Waals surface area contributed by atoms with E-state index in [-0.39, 0.29) is 0 Å². The lowest BCUT2D eigenvalue weighted by atomic mass is 10.4. The van der Waals surface area contributed by atoms with Crippen LogP contribution in [0.3, 0.4) is 0 Å². The molecule has 0 unspecified atom stereocenters. The van der Waals surface area contributed by atoms with Gasteiger partial charge in [0.2, 0.25) is 5.13 Å². The van der Waals surface area contributed by atoms with E-state index in [9.17, 15) is 0 Å². The van der Waals surface area contributed by atoms with Crippen molar-refractivity contribution in [2.45, 2.75) is 19.8 Å². The molecule has 0 bridgehead atoms. The van der Waals surface area contributed by atoms with Crippen LogP contribution >= 0.6 is 22.9 Å². The summed E-state index contributed by atoms with van der Waals surface area (Å²) in [6.45, 7) is 2.92. The molecule has 2 aromatic heterocycles. The summed E-state index contributed by atoms with van der Waals surface area (Å²) in [6.07, 6.45) is 3.67. The minimum absolute atomic E-state index is 0.867. The van der Waals surface area contributed by atoms with Crippen LogP contribution < -0.4 is 5.32 Å². The molecule has 0 saturated heterocycles. The molecule has 2 rings (SSSR count). The highest BCUT2D eigenvalue weighted by molar-refractivity contribution is 7.09. The lowest BCUT2D eigenvalue weighted by molar-refractivity contribution is 0.971. The molecule has 1 N–H and O–H groups in total. The highest BCUT2D eigenvalue weighted by atomic mass is 32.1. The fraction of sp³-hybridized carbons (Fsp3) is 0.444. The van der Waals surface area contributed by atoms with Gasteiger partial charge in [0.25, 0.3) is 0 Å². The van der Waals surface area contributed by atoms with Crippen LogP contribution in [-0.2, 0) is 12.8 Å². The lowest BCUT2D eigenvalue weighted by Gasteiger charge is -1.98. The summed E-state index contributed by atoms with van der Waals surface area (Å²) >= 11 is 3.11. The SMILES string of the molecule is CCc1nsc(NCCc2nccs2)n1. The van der Waals surface area contributed by atoms with Gasteiger partial charge in [-0.1, -0.05) is 6.92 Å². The van der Waals surface area contributed by atoms with Crippen molar-refractivity contribution in [3.05, 3.63) is 22.4 Å². The third-order valence-electron chi connectivity index (χ3n) is 1.88. The molecule has 0 aliphatic heterocycles. The summed E-state index contributed by atoms with van der Waals surface area (Å²) in [4.78, 5) is 8.54. The maximum atomic E-state index is 4.33. The first-order valence-corrected chi connectivity index (χ1v) is 6.48. The Morgan fingerprint density at radius 1 is 1.47 bits per heavy atom. The van der Waals surface area contributed by atoms with Crippen molar-refractivity contribution in [1.29, 1.82) is 0 Å². The zero-order valence-corrected chi connectivity index (χ0v) is 10.1. The highest BCUT2D eigenvalue weighted by Gasteiger charge is 2.01. The molecule has 0 aliphatic rings. The molecule has 0 fully saturated rings. The van der Waals surface area contributed by atoms with Crippen LogP contribution in [0.2, 0.25) is 0 Å². The molecule has 4 nitrogen and oxygen atoms in total. The van der Waals surface area contributed by atoms with Crippen molar-refractivity contribution in [1.82, 2.24) is 14.3 Å². The second-order valence-corrected chi connectivity index (χ2v) is 4.70. The molecule has 6 heteroatoms. The standard InChI is InChI=1S/C9H12N4S2/c1-2-7-12-9(15-13-7)11-4-3-8-10-5-6-14-8/h5-6H,2-4H2,1H3,(H,11,12,13). The monoisotopic (exact) mass is 240 g/mol. The molecular formula is C9H12N4S2. The quantitative estimate of drug-likeness (QED) is 0.870. The molecule has 0 aromatic carbocycles. The van der Waals surface area contributed by atoms with Gasteiger partial charge in [-0.3, -0.25) is 0 Å². The number of aromatic nitrogens is 3. The van der Waals surface area contributed by atoms with Crippen molar-refractivity contribution in [2.24, 2.45) is 0 Å². The third-order valence-corrected chi connectivity index (χ3v) is 3.43. The van der Waals surface area contributed by atoms with Crippen molar-refractivity contribution < 1.29 is 0 Å². The average Bonchev–Trinajstić information content (AvgIpc) is 2.88. The van der Waals surface area contributed by atoms with Crippen molar-refractivity contribution >= 4 is 28.0 Å². The van der Waals surface area contributed by atoms with E-state index >= 15 is 0 Å². The normalized spacial score (nSPS) is 10.5. The predicted octanol–water partition coefficient (Wildman–Crippen LogP) is 2.21. The molecule has 0 spiro atoms. The Hall–Kier alpha value is -1.01. The minimum atomic E-state index is 0.867. The first-order chi connectivity index (χ1) is 7.38. The first-order valence-electron chi connectivity index (χ1n) is 4.83. The van der Waals surface area contributed by atoms with Gasteiger partial charge in [0.1, 0.15) is 5.82 Å². The Kier molecular flexibility index (Phi) is 3.63. The van der Waals surface area contributed by atoms with Gasteiger partial charge in [0.15, 0.2) is 0 Å². The molecule has 0 aliphatic carbocycles. The zero-order chi connectivity index (χ0) is 10.5. The Morgan fingerprint density at radius 3 is 3.07 bits per heavy atom. The lowest BCUT2D eigenvalue weighted by Crippen LogP contribution is -2.04. The Bertz CT molecular complexity index is 396. The molecular weight excluding hydrogens is 228 g/mol. The summed E-state index contributed by atoms with van der Waals surface area (Å²) < 4.78 is 4.21. The fourth-order valence-corrected chi connectivity index (χ4v) is 2.42. The van der Waals surface area contributed by atoms with Crippen LogP contribution in [0, 0.1) is 0 Å². The van der Waals surface area contributed by atoms with Gasteiger partial charge in [-0.15, -0.1) is 11.3 Å². The molecule has 0 radical (unpaired) electrons. The molecule has 2 heterocycles. The molecule has 2 aromatic rings. The topological polar surface area (TPSA) is 50.7 Å². The number of hydrogen-bond acceptors (Lipinski definition) is 6. The first kappa shape index (κ1) is 10.5. The van der Waals surface area contributed by atoms with Gasteiger partial charge < -0.3 is 5.32 Å². The van der Waals surface area contributed by atoms with Gasteiger partial charge >= 0.3 is 0 Å². The van der Waals surface area contributed by atoms with E-state index in [4.69, 9.17) is 0 Å². The fourth-order valence-electron chi connectivity index (χ4n) is 1.12. The smallest absolute Gasteiger partial charge is 0.202 e. The van der Waals surface area contributed by atoms with E-state index in [1.807, 2.05) is 11.6 Å². The van der Waals surface area contributed by atoms with Crippen molar-refractivity contribution in [3.8, 4) is 0 Å². The van der Waals surface area contributed by atoms with Gasteiger partial charge in [0.05, 0.1) is 5.01 Å². The third kappa shape index (κ3) is 2.97. The van der Waals surface area contributed by atoms with E-state index in [1.54, 1.807) is 11.3 Å². The van der Waals surface area contributed by atoms with Crippen LogP contribution in [0.25, 0.3) is 0 Å². The van der Waals surface area contributed by atoms with E-state index in [0.29, 0.717) is 0 Å². The largest absolute Gasteiger partial charge is 0.360 e. The number of thiazole rings is 1. The predicted molar refractivity (Wildman–Crippen MR) is 63.6 cm³/mol. The van der Waals surface area contributed by atoms with Crippen LogP contribution in [0.15, 0.2) is 11.6 Å². The zero-order valence-electron chi connectivity index (χ0n) is 8.43. The summed E-state index contributed by atoms with van der Waals surface area (Å²) in [5, 5.41) is 7.31. The Labute approximate surface area is 96.6 Å². The number of nitrogens with zero attached hydrogens (tertiary/aromatic N) is 3. The Balaban J connectivity index is 1.78. The van der Waals surface area contributed by atoms with Crippen molar-refractivity contribution in [2.75, 3.05) is 11.9 Å².